The number of rotatable bonds is 5. The van der Waals surface area contributed by atoms with Gasteiger partial charge in [-0.15, -0.1) is 11.3 Å². The summed E-state index contributed by atoms with van der Waals surface area (Å²) in [6.45, 7) is 0. The minimum atomic E-state index is -0.848. The van der Waals surface area contributed by atoms with E-state index in [1.54, 1.807) is 6.07 Å². The van der Waals surface area contributed by atoms with Crippen LogP contribution in [0.3, 0.4) is 0 Å². The van der Waals surface area contributed by atoms with Crippen molar-refractivity contribution >= 4 is 23.1 Å². The van der Waals surface area contributed by atoms with Crippen LogP contribution in [0.5, 0.6) is 0 Å². The monoisotopic (exact) mass is 198 g/mol. The molecular weight excluding hydrogens is 188 g/mol. The summed E-state index contributed by atoms with van der Waals surface area (Å²) in [6, 6.07) is 3.57. The first-order valence-electron chi connectivity index (χ1n) is 3.98. The molecule has 0 aliphatic heterocycles. The number of carboxylic acids is 1. The molecule has 0 atom stereocenters. The fourth-order valence-corrected chi connectivity index (χ4v) is 1.65. The molecule has 70 valence electrons. The highest BCUT2D eigenvalue weighted by Gasteiger charge is 2.07. The van der Waals surface area contributed by atoms with E-state index in [9.17, 15) is 9.59 Å². The van der Waals surface area contributed by atoms with Gasteiger partial charge in [0, 0.05) is 12.8 Å². The molecule has 0 unspecified atom stereocenters. The Bertz CT molecular complexity index is 290. The zero-order chi connectivity index (χ0) is 9.68. The Morgan fingerprint density at radius 2 is 2.15 bits per heavy atom. The number of ketones is 1. The summed E-state index contributed by atoms with van der Waals surface area (Å²) in [6.07, 6.45) is 0.815. The van der Waals surface area contributed by atoms with Gasteiger partial charge in [0.25, 0.3) is 0 Å². The standard InChI is InChI=1S/C9H10O3S/c10-7(3-1-5-9(11)12)8-4-2-6-13-8/h2,4,6H,1,3,5H2,(H,11,12). The first-order chi connectivity index (χ1) is 6.20. The van der Waals surface area contributed by atoms with E-state index in [0.29, 0.717) is 17.7 Å². The van der Waals surface area contributed by atoms with Gasteiger partial charge >= 0.3 is 5.97 Å². The third kappa shape index (κ3) is 3.38. The van der Waals surface area contributed by atoms with Gasteiger partial charge in [0.2, 0.25) is 0 Å². The summed E-state index contributed by atoms with van der Waals surface area (Å²) in [7, 11) is 0. The van der Waals surface area contributed by atoms with Crippen LogP contribution in [0.25, 0.3) is 0 Å². The molecule has 0 bridgehead atoms. The van der Waals surface area contributed by atoms with Crippen LogP contribution in [0.2, 0.25) is 0 Å². The number of aliphatic carboxylic acids is 1. The lowest BCUT2D eigenvalue weighted by Crippen LogP contribution is -1.99. The summed E-state index contributed by atoms with van der Waals surface area (Å²) >= 11 is 1.39. The number of carboxylic acid groups (broad SMARTS) is 1. The van der Waals surface area contributed by atoms with Crippen LogP contribution in [0.1, 0.15) is 28.9 Å². The van der Waals surface area contributed by atoms with Gasteiger partial charge in [-0.05, 0) is 17.9 Å². The predicted molar refractivity (Wildman–Crippen MR) is 50.1 cm³/mol. The van der Waals surface area contributed by atoms with E-state index in [-0.39, 0.29) is 12.2 Å². The molecule has 0 aliphatic carbocycles. The smallest absolute Gasteiger partial charge is 0.303 e. The van der Waals surface area contributed by atoms with Crippen molar-refractivity contribution in [2.24, 2.45) is 0 Å². The largest absolute Gasteiger partial charge is 0.481 e. The molecule has 0 fully saturated rings. The van der Waals surface area contributed by atoms with E-state index in [1.807, 2.05) is 11.4 Å². The molecule has 0 saturated carbocycles. The van der Waals surface area contributed by atoms with E-state index >= 15 is 0 Å². The van der Waals surface area contributed by atoms with Crippen LogP contribution in [-0.2, 0) is 4.79 Å². The van der Waals surface area contributed by atoms with Crippen molar-refractivity contribution in [3.63, 3.8) is 0 Å². The molecule has 1 rings (SSSR count). The highest BCUT2D eigenvalue weighted by molar-refractivity contribution is 7.12. The van der Waals surface area contributed by atoms with Crippen LogP contribution in [0.4, 0.5) is 0 Å². The second-order valence-electron chi connectivity index (χ2n) is 2.65. The summed E-state index contributed by atoms with van der Waals surface area (Å²) < 4.78 is 0. The average Bonchev–Trinajstić information content (AvgIpc) is 2.55. The Morgan fingerprint density at radius 1 is 1.38 bits per heavy atom. The van der Waals surface area contributed by atoms with Crippen molar-refractivity contribution in [2.75, 3.05) is 0 Å². The molecule has 4 heteroatoms. The van der Waals surface area contributed by atoms with E-state index in [0.717, 1.165) is 0 Å². The topological polar surface area (TPSA) is 54.4 Å². The summed E-state index contributed by atoms with van der Waals surface area (Å²) in [5.41, 5.74) is 0. The van der Waals surface area contributed by atoms with Gasteiger partial charge in [0.15, 0.2) is 5.78 Å². The van der Waals surface area contributed by atoms with Gasteiger partial charge in [-0.2, -0.15) is 0 Å². The zero-order valence-corrected chi connectivity index (χ0v) is 7.84. The molecule has 0 saturated heterocycles. The molecule has 1 N–H and O–H groups in total. The molecular formula is C9H10O3S. The van der Waals surface area contributed by atoms with E-state index in [2.05, 4.69) is 0 Å². The first kappa shape index (κ1) is 9.92. The number of carbonyl (C=O) groups excluding carboxylic acids is 1. The highest BCUT2D eigenvalue weighted by Crippen LogP contribution is 2.12. The van der Waals surface area contributed by atoms with E-state index < -0.39 is 5.97 Å². The van der Waals surface area contributed by atoms with E-state index in [4.69, 9.17) is 5.11 Å². The quantitative estimate of drug-likeness (QED) is 0.738. The molecule has 3 nitrogen and oxygen atoms in total. The zero-order valence-electron chi connectivity index (χ0n) is 7.03. The predicted octanol–water partition coefficient (Wildman–Crippen LogP) is 2.19. The van der Waals surface area contributed by atoms with Gasteiger partial charge in [0.05, 0.1) is 4.88 Å². The number of hydrogen-bond donors (Lipinski definition) is 1. The normalized spacial score (nSPS) is 9.85. The average molecular weight is 198 g/mol. The lowest BCUT2D eigenvalue weighted by Gasteiger charge is -1.94. The summed E-state index contributed by atoms with van der Waals surface area (Å²) in [4.78, 5) is 22.2. The number of hydrogen-bond acceptors (Lipinski definition) is 3. The molecule has 1 heterocycles. The van der Waals surface area contributed by atoms with Gasteiger partial charge in [-0.3, -0.25) is 9.59 Å². The maximum Gasteiger partial charge on any atom is 0.303 e. The second kappa shape index (κ2) is 4.77. The van der Waals surface area contributed by atoms with Crippen LogP contribution < -0.4 is 0 Å². The second-order valence-corrected chi connectivity index (χ2v) is 3.60. The van der Waals surface area contributed by atoms with Gasteiger partial charge in [-0.25, -0.2) is 0 Å². The molecule has 1 aromatic heterocycles. The summed E-state index contributed by atoms with van der Waals surface area (Å²) in [5.74, 6) is -0.810. The lowest BCUT2D eigenvalue weighted by molar-refractivity contribution is -0.137. The maximum absolute atomic E-state index is 11.3. The van der Waals surface area contributed by atoms with Crippen molar-refractivity contribution in [2.45, 2.75) is 19.3 Å². The molecule has 1 aromatic rings. The first-order valence-corrected chi connectivity index (χ1v) is 4.86. The molecule has 0 aromatic carbocycles. The molecule has 0 aliphatic rings. The third-order valence-electron chi connectivity index (χ3n) is 1.59. The van der Waals surface area contributed by atoms with Crippen molar-refractivity contribution in [1.29, 1.82) is 0 Å². The fourth-order valence-electron chi connectivity index (χ4n) is 0.961. The van der Waals surface area contributed by atoms with Gasteiger partial charge in [0.1, 0.15) is 0 Å². The van der Waals surface area contributed by atoms with Crippen molar-refractivity contribution in [1.82, 2.24) is 0 Å². The minimum absolute atomic E-state index is 0.0382. The van der Waals surface area contributed by atoms with Crippen LogP contribution in [-0.4, -0.2) is 16.9 Å². The molecule has 0 spiro atoms. The molecule has 0 amide bonds. The van der Waals surface area contributed by atoms with Crippen molar-refractivity contribution in [3.8, 4) is 0 Å². The third-order valence-corrected chi connectivity index (χ3v) is 2.50. The molecule has 13 heavy (non-hydrogen) atoms. The number of carbonyl (C=O) groups is 2. The van der Waals surface area contributed by atoms with Crippen LogP contribution >= 0.6 is 11.3 Å². The van der Waals surface area contributed by atoms with Crippen molar-refractivity contribution < 1.29 is 14.7 Å². The fraction of sp³-hybridized carbons (Fsp3) is 0.333. The Hall–Kier alpha value is -1.16. The minimum Gasteiger partial charge on any atom is -0.481 e. The Morgan fingerprint density at radius 3 is 2.69 bits per heavy atom. The van der Waals surface area contributed by atoms with Crippen LogP contribution in [0.15, 0.2) is 17.5 Å². The molecule has 0 radical (unpaired) electrons. The SMILES string of the molecule is O=C(O)CCCC(=O)c1cccs1. The lowest BCUT2D eigenvalue weighted by atomic mass is 10.1. The van der Waals surface area contributed by atoms with Gasteiger partial charge < -0.3 is 5.11 Å². The number of Topliss-reactive ketones (excluding diaryl/α,β-unsaturated/α-hetero) is 1. The van der Waals surface area contributed by atoms with Crippen LogP contribution in [0, 0.1) is 0 Å². The highest BCUT2D eigenvalue weighted by atomic mass is 32.1. The van der Waals surface area contributed by atoms with Gasteiger partial charge in [-0.1, -0.05) is 6.07 Å². The van der Waals surface area contributed by atoms with E-state index in [1.165, 1.54) is 11.3 Å². The number of thiophene rings is 1. The maximum atomic E-state index is 11.3. The Labute approximate surface area is 80.0 Å². The Kier molecular flexibility index (Phi) is 3.64. The van der Waals surface area contributed by atoms with Crippen molar-refractivity contribution in [3.05, 3.63) is 22.4 Å². The summed E-state index contributed by atoms with van der Waals surface area (Å²) in [5, 5.41) is 10.2. The Balaban J connectivity index is 2.31.